The lowest BCUT2D eigenvalue weighted by Gasteiger charge is -2.05. The summed E-state index contributed by atoms with van der Waals surface area (Å²) in [6, 6.07) is 10.7. The van der Waals surface area contributed by atoms with Crippen molar-refractivity contribution in [2.75, 3.05) is 7.11 Å². The van der Waals surface area contributed by atoms with Gasteiger partial charge in [0.1, 0.15) is 0 Å². The largest absolute Gasteiger partial charge is 0.484 e. The SMILES string of the molecule is COC1=NC(c2ccccc2)CC1I. The van der Waals surface area contributed by atoms with E-state index in [-0.39, 0.29) is 6.04 Å². The van der Waals surface area contributed by atoms with E-state index in [9.17, 15) is 0 Å². The van der Waals surface area contributed by atoms with Gasteiger partial charge in [0.2, 0.25) is 0 Å². The first-order valence-electron chi connectivity index (χ1n) is 4.62. The lowest BCUT2D eigenvalue weighted by Crippen LogP contribution is -2.09. The van der Waals surface area contributed by atoms with Crippen molar-refractivity contribution < 1.29 is 4.74 Å². The van der Waals surface area contributed by atoms with Gasteiger partial charge in [-0.2, -0.15) is 0 Å². The molecule has 1 heterocycles. The van der Waals surface area contributed by atoms with Crippen LogP contribution >= 0.6 is 22.6 Å². The van der Waals surface area contributed by atoms with Crippen molar-refractivity contribution in [2.45, 2.75) is 16.4 Å². The standard InChI is InChI=1S/C11H12INO/c1-14-11-9(12)7-10(13-11)8-5-3-2-4-6-8/h2-6,9-10H,7H2,1H3. The van der Waals surface area contributed by atoms with Crippen LogP contribution in [0.3, 0.4) is 0 Å². The molecule has 0 saturated heterocycles. The molecule has 0 aromatic heterocycles. The molecule has 14 heavy (non-hydrogen) atoms. The third-order valence-corrected chi connectivity index (χ3v) is 3.42. The van der Waals surface area contributed by atoms with Crippen LogP contribution in [0.5, 0.6) is 0 Å². The summed E-state index contributed by atoms with van der Waals surface area (Å²) in [5, 5.41) is 0. The normalized spacial score (nSPS) is 26.0. The zero-order valence-corrected chi connectivity index (χ0v) is 10.1. The fraction of sp³-hybridized carbons (Fsp3) is 0.364. The van der Waals surface area contributed by atoms with Gasteiger partial charge in [0.25, 0.3) is 0 Å². The zero-order chi connectivity index (χ0) is 9.97. The maximum absolute atomic E-state index is 5.22. The van der Waals surface area contributed by atoms with Gasteiger partial charge in [0.15, 0.2) is 5.90 Å². The first-order chi connectivity index (χ1) is 6.81. The van der Waals surface area contributed by atoms with Crippen LogP contribution in [-0.2, 0) is 4.74 Å². The zero-order valence-electron chi connectivity index (χ0n) is 7.98. The van der Waals surface area contributed by atoms with Crippen molar-refractivity contribution in [2.24, 2.45) is 4.99 Å². The fourth-order valence-electron chi connectivity index (χ4n) is 1.65. The third kappa shape index (κ3) is 1.92. The molecule has 2 unspecified atom stereocenters. The summed E-state index contributed by atoms with van der Waals surface area (Å²) in [5.74, 6) is 0.874. The summed E-state index contributed by atoms with van der Waals surface area (Å²) in [4.78, 5) is 4.54. The van der Waals surface area contributed by atoms with Gasteiger partial charge in [-0.15, -0.1) is 0 Å². The minimum Gasteiger partial charge on any atom is -0.484 e. The van der Waals surface area contributed by atoms with E-state index in [1.54, 1.807) is 7.11 Å². The van der Waals surface area contributed by atoms with Crippen molar-refractivity contribution in [1.82, 2.24) is 0 Å². The summed E-state index contributed by atoms with van der Waals surface area (Å²) >= 11 is 2.38. The van der Waals surface area contributed by atoms with Crippen molar-refractivity contribution in [3.63, 3.8) is 0 Å². The van der Waals surface area contributed by atoms with Crippen molar-refractivity contribution in [1.29, 1.82) is 0 Å². The number of aliphatic imine (C=N–C) groups is 1. The van der Waals surface area contributed by atoms with Crippen molar-refractivity contribution >= 4 is 28.5 Å². The Bertz CT molecular complexity index is 336. The number of nitrogens with zero attached hydrogens (tertiary/aromatic N) is 1. The number of halogens is 1. The summed E-state index contributed by atoms with van der Waals surface area (Å²) in [5.41, 5.74) is 1.28. The van der Waals surface area contributed by atoms with Gasteiger partial charge in [-0.3, -0.25) is 0 Å². The highest BCUT2D eigenvalue weighted by Gasteiger charge is 2.27. The highest BCUT2D eigenvalue weighted by Crippen LogP contribution is 2.32. The van der Waals surface area contributed by atoms with Crippen LogP contribution in [0.15, 0.2) is 35.3 Å². The molecule has 2 rings (SSSR count). The third-order valence-electron chi connectivity index (χ3n) is 2.37. The smallest absolute Gasteiger partial charge is 0.196 e. The molecule has 1 aliphatic rings. The molecule has 3 heteroatoms. The lowest BCUT2D eigenvalue weighted by molar-refractivity contribution is 0.397. The van der Waals surface area contributed by atoms with Crippen LogP contribution in [0.1, 0.15) is 18.0 Å². The molecule has 1 aromatic rings. The number of hydrogen-bond donors (Lipinski definition) is 0. The lowest BCUT2D eigenvalue weighted by atomic mass is 10.1. The van der Waals surface area contributed by atoms with E-state index in [4.69, 9.17) is 4.74 Å². The monoisotopic (exact) mass is 301 g/mol. The number of ether oxygens (including phenoxy) is 1. The Hall–Kier alpha value is -0.580. The molecule has 1 aromatic carbocycles. The Balaban J connectivity index is 2.20. The Kier molecular flexibility index (Phi) is 3.05. The maximum Gasteiger partial charge on any atom is 0.196 e. The number of methoxy groups -OCH3 is 1. The molecular formula is C11H12INO. The molecule has 74 valence electrons. The number of rotatable bonds is 1. The number of alkyl halides is 1. The summed E-state index contributed by atoms with van der Waals surface area (Å²) in [7, 11) is 1.69. The van der Waals surface area contributed by atoms with Crippen LogP contribution in [0.4, 0.5) is 0 Å². The van der Waals surface area contributed by atoms with Gasteiger partial charge < -0.3 is 4.74 Å². The van der Waals surface area contributed by atoms with Crippen LogP contribution in [0, 0.1) is 0 Å². The second-order valence-corrected chi connectivity index (χ2v) is 4.80. The van der Waals surface area contributed by atoms with Crippen LogP contribution in [0.25, 0.3) is 0 Å². The van der Waals surface area contributed by atoms with Crippen LogP contribution in [-0.4, -0.2) is 16.9 Å². The van der Waals surface area contributed by atoms with Crippen LogP contribution < -0.4 is 0 Å². The molecule has 0 fully saturated rings. The van der Waals surface area contributed by atoms with E-state index >= 15 is 0 Å². The van der Waals surface area contributed by atoms with Gasteiger partial charge in [-0.25, -0.2) is 4.99 Å². The Morgan fingerprint density at radius 2 is 2.07 bits per heavy atom. The van der Waals surface area contributed by atoms with E-state index < -0.39 is 0 Å². The van der Waals surface area contributed by atoms with Crippen molar-refractivity contribution in [3.05, 3.63) is 35.9 Å². The molecule has 0 bridgehead atoms. The van der Waals surface area contributed by atoms with Gasteiger partial charge in [0, 0.05) is 0 Å². The van der Waals surface area contributed by atoms with E-state index in [2.05, 4.69) is 51.8 Å². The Labute approximate surface area is 97.5 Å². The molecule has 0 spiro atoms. The minimum atomic E-state index is 0.285. The fourth-order valence-corrected chi connectivity index (χ4v) is 2.55. The van der Waals surface area contributed by atoms with Gasteiger partial charge in [0.05, 0.1) is 17.1 Å². The van der Waals surface area contributed by atoms with Gasteiger partial charge in [-0.05, 0) is 12.0 Å². The van der Waals surface area contributed by atoms with E-state index in [0.717, 1.165) is 12.3 Å². The second-order valence-electron chi connectivity index (χ2n) is 3.30. The topological polar surface area (TPSA) is 21.6 Å². The Morgan fingerprint density at radius 3 is 2.64 bits per heavy atom. The maximum atomic E-state index is 5.22. The van der Waals surface area contributed by atoms with Gasteiger partial charge >= 0.3 is 0 Å². The predicted molar refractivity (Wildman–Crippen MR) is 66.1 cm³/mol. The van der Waals surface area contributed by atoms with Crippen LogP contribution in [0.2, 0.25) is 0 Å². The molecule has 1 aliphatic heterocycles. The molecule has 0 N–H and O–H groups in total. The summed E-state index contributed by atoms with van der Waals surface area (Å²) < 4.78 is 5.64. The number of hydrogen-bond acceptors (Lipinski definition) is 2. The molecule has 0 radical (unpaired) electrons. The average molecular weight is 301 g/mol. The molecule has 2 atom stereocenters. The van der Waals surface area contributed by atoms with E-state index in [0.29, 0.717) is 3.92 Å². The molecule has 0 aliphatic carbocycles. The first kappa shape index (κ1) is 9.96. The molecular weight excluding hydrogens is 289 g/mol. The second kappa shape index (κ2) is 4.29. The average Bonchev–Trinajstić information content (AvgIpc) is 2.61. The molecule has 0 saturated carbocycles. The van der Waals surface area contributed by atoms with E-state index in [1.165, 1.54) is 5.56 Å². The highest BCUT2D eigenvalue weighted by atomic mass is 127. The molecule has 2 nitrogen and oxygen atoms in total. The van der Waals surface area contributed by atoms with Crippen molar-refractivity contribution in [3.8, 4) is 0 Å². The first-order valence-corrected chi connectivity index (χ1v) is 5.86. The minimum absolute atomic E-state index is 0.285. The predicted octanol–water partition coefficient (Wildman–Crippen LogP) is 2.98. The summed E-state index contributed by atoms with van der Waals surface area (Å²) in [6.45, 7) is 0. The number of benzene rings is 1. The van der Waals surface area contributed by atoms with Gasteiger partial charge in [-0.1, -0.05) is 52.9 Å². The summed E-state index contributed by atoms with van der Waals surface area (Å²) in [6.07, 6.45) is 1.05. The Morgan fingerprint density at radius 1 is 1.36 bits per heavy atom. The molecule has 0 amide bonds. The van der Waals surface area contributed by atoms with E-state index in [1.807, 2.05) is 6.07 Å². The highest BCUT2D eigenvalue weighted by molar-refractivity contribution is 14.1. The quantitative estimate of drug-likeness (QED) is 0.577.